The first kappa shape index (κ1) is 23.7. The van der Waals surface area contributed by atoms with Gasteiger partial charge in [-0.15, -0.1) is 0 Å². The highest BCUT2D eigenvalue weighted by molar-refractivity contribution is 5.77. The normalized spacial score (nSPS) is 15.7. The summed E-state index contributed by atoms with van der Waals surface area (Å²) in [7, 11) is 1.70. The van der Waals surface area contributed by atoms with Gasteiger partial charge in [0.15, 0.2) is 0 Å². The number of nitrogens with zero attached hydrogens (tertiary/aromatic N) is 3. The van der Waals surface area contributed by atoms with E-state index >= 15 is 0 Å². The van der Waals surface area contributed by atoms with Crippen LogP contribution in [0.4, 0.5) is 0 Å². The Morgan fingerprint density at radius 2 is 1.66 bits per heavy atom. The van der Waals surface area contributed by atoms with Crippen molar-refractivity contribution in [1.82, 2.24) is 14.4 Å². The highest BCUT2D eigenvalue weighted by atomic mass is 16.5. The number of carbonyl (C=O) groups is 1. The highest BCUT2D eigenvalue weighted by Crippen LogP contribution is 2.38. The Balaban J connectivity index is 1.39. The molecule has 1 saturated heterocycles. The van der Waals surface area contributed by atoms with Crippen molar-refractivity contribution in [2.75, 3.05) is 39.8 Å². The van der Waals surface area contributed by atoms with Gasteiger partial charge < -0.3 is 14.2 Å². The second-order valence-electron chi connectivity index (χ2n) is 10.3. The maximum absolute atomic E-state index is 13.2. The van der Waals surface area contributed by atoms with E-state index in [2.05, 4.69) is 70.7 Å². The van der Waals surface area contributed by atoms with Gasteiger partial charge in [-0.3, -0.25) is 9.69 Å². The fourth-order valence-corrected chi connectivity index (χ4v) is 5.64. The Labute approximate surface area is 209 Å². The molecule has 1 amide bonds. The number of aromatic nitrogens is 1. The zero-order valence-corrected chi connectivity index (χ0v) is 21.3. The second-order valence-corrected chi connectivity index (χ2v) is 10.3. The lowest BCUT2D eigenvalue weighted by atomic mass is 9.90. The Morgan fingerprint density at radius 3 is 2.37 bits per heavy atom. The topological polar surface area (TPSA) is 37.7 Å². The number of ether oxygens (including phenoxy) is 1. The lowest BCUT2D eigenvalue weighted by molar-refractivity contribution is -0.133. The van der Waals surface area contributed by atoms with Gasteiger partial charge >= 0.3 is 0 Å². The van der Waals surface area contributed by atoms with Crippen LogP contribution in [0.5, 0.6) is 5.75 Å². The first-order chi connectivity index (χ1) is 17.0. The maximum atomic E-state index is 13.2. The van der Waals surface area contributed by atoms with Gasteiger partial charge in [-0.25, -0.2) is 0 Å². The summed E-state index contributed by atoms with van der Waals surface area (Å²) in [6, 6.07) is 19.3. The molecule has 1 aromatic heterocycles. The Morgan fingerprint density at radius 1 is 0.943 bits per heavy atom. The van der Waals surface area contributed by atoms with Crippen LogP contribution in [0.15, 0.2) is 54.6 Å². The number of carbonyl (C=O) groups excluding carboxylic acids is 1. The van der Waals surface area contributed by atoms with E-state index in [0.717, 1.165) is 63.4 Å². The van der Waals surface area contributed by atoms with Crippen molar-refractivity contribution in [3.05, 3.63) is 71.4 Å². The molecule has 184 valence electrons. The van der Waals surface area contributed by atoms with Gasteiger partial charge in [0.2, 0.25) is 5.91 Å². The van der Waals surface area contributed by atoms with Crippen molar-refractivity contribution in [3.63, 3.8) is 0 Å². The molecule has 1 aliphatic carbocycles. The molecule has 0 atom stereocenters. The number of benzene rings is 2. The molecule has 3 aromatic rings. The molecule has 2 aromatic carbocycles. The van der Waals surface area contributed by atoms with Crippen molar-refractivity contribution in [2.45, 2.75) is 39.5 Å². The smallest absolute Gasteiger partial charge is 0.223 e. The largest absolute Gasteiger partial charge is 0.497 e. The molecule has 0 N–H and O–H groups in total. The molecule has 5 heteroatoms. The summed E-state index contributed by atoms with van der Waals surface area (Å²) in [5.74, 6) is 1.79. The van der Waals surface area contributed by atoms with Crippen molar-refractivity contribution in [1.29, 1.82) is 0 Å². The summed E-state index contributed by atoms with van der Waals surface area (Å²) in [6.45, 7) is 9.28. The minimum atomic E-state index is 0.273. The van der Waals surface area contributed by atoms with Crippen LogP contribution in [-0.4, -0.2) is 60.1 Å². The van der Waals surface area contributed by atoms with E-state index in [-0.39, 0.29) is 5.91 Å². The van der Waals surface area contributed by atoms with E-state index in [0.29, 0.717) is 12.3 Å². The number of aryl methyl sites for hydroxylation is 3. The number of piperazine rings is 1. The molecule has 1 aliphatic heterocycles. The van der Waals surface area contributed by atoms with Crippen LogP contribution in [0.3, 0.4) is 0 Å². The van der Waals surface area contributed by atoms with Crippen LogP contribution < -0.4 is 4.74 Å². The van der Waals surface area contributed by atoms with Gasteiger partial charge in [0, 0.05) is 56.1 Å². The van der Waals surface area contributed by atoms with Gasteiger partial charge in [0.05, 0.1) is 12.8 Å². The molecule has 1 fully saturated rings. The van der Waals surface area contributed by atoms with Crippen LogP contribution in [-0.2, 0) is 24.1 Å². The lowest BCUT2D eigenvalue weighted by Crippen LogP contribution is -2.49. The third-order valence-corrected chi connectivity index (χ3v) is 7.37. The monoisotopic (exact) mass is 471 g/mol. The molecule has 0 bridgehead atoms. The zero-order chi connectivity index (χ0) is 24.4. The molecule has 5 nitrogen and oxygen atoms in total. The SMILES string of the molecule is COc1ccc(-n2c(CCC(=O)N3CCN(CC(C)C)CC3)cc3c2-c2ccccc2CC3)cc1. The van der Waals surface area contributed by atoms with Gasteiger partial charge in [0.25, 0.3) is 0 Å². The number of amides is 1. The summed E-state index contributed by atoms with van der Waals surface area (Å²) in [6.07, 6.45) is 3.39. The van der Waals surface area contributed by atoms with Crippen molar-refractivity contribution >= 4 is 5.91 Å². The van der Waals surface area contributed by atoms with Crippen LogP contribution >= 0.6 is 0 Å². The summed E-state index contributed by atoms with van der Waals surface area (Å²) in [4.78, 5) is 17.7. The van der Waals surface area contributed by atoms with E-state index in [1.54, 1.807) is 7.11 Å². The standard InChI is InChI=1S/C30H37N3O2/c1-22(2)21-31-16-18-32(19-17-31)29(34)15-12-26-20-24-9-8-23-6-4-5-7-28(23)30(24)33(26)25-10-13-27(35-3)14-11-25/h4-7,10-11,13-14,20,22H,8-9,12,15-19,21H2,1-3H3. The van der Waals surface area contributed by atoms with E-state index in [9.17, 15) is 4.79 Å². The summed E-state index contributed by atoms with van der Waals surface area (Å²) in [5, 5.41) is 0. The van der Waals surface area contributed by atoms with Gasteiger partial charge in [-0.2, -0.15) is 0 Å². The third kappa shape index (κ3) is 5.01. The van der Waals surface area contributed by atoms with Crippen LogP contribution in [0, 0.1) is 5.92 Å². The number of hydrogen-bond donors (Lipinski definition) is 0. The molecule has 0 unspecified atom stereocenters. The number of rotatable bonds is 7. The van der Waals surface area contributed by atoms with Crippen LogP contribution in [0.1, 0.15) is 37.1 Å². The Kier molecular flexibility index (Phi) is 6.96. The molecule has 0 saturated carbocycles. The van der Waals surface area contributed by atoms with Crippen molar-refractivity contribution < 1.29 is 9.53 Å². The number of hydrogen-bond acceptors (Lipinski definition) is 3. The highest BCUT2D eigenvalue weighted by Gasteiger charge is 2.25. The summed E-state index contributed by atoms with van der Waals surface area (Å²) < 4.78 is 7.77. The molecule has 0 spiro atoms. The second kappa shape index (κ2) is 10.3. The van der Waals surface area contributed by atoms with E-state index in [4.69, 9.17) is 4.74 Å². The maximum Gasteiger partial charge on any atom is 0.223 e. The number of methoxy groups -OCH3 is 1. The first-order valence-corrected chi connectivity index (χ1v) is 13.0. The van der Waals surface area contributed by atoms with Crippen molar-refractivity contribution in [2.24, 2.45) is 5.92 Å². The summed E-state index contributed by atoms with van der Waals surface area (Å²) >= 11 is 0. The van der Waals surface area contributed by atoms with Crippen LogP contribution in [0.2, 0.25) is 0 Å². The molecule has 2 heterocycles. The quantitative estimate of drug-likeness (QED) is 0.488. The summed E-state index contributed by atoms with van der Waals surface area (Å²) in [5.41, 5.74) is 7.70. The number of fused-ring (bicyclic) bond motifs is 3. The average Bonchev–Trinajstić information content (AvgIpc) is 3.26. The van der Waals surface area contributed by atoms with Crippen LogP contribution in [0.25, 0.3) is 16.9 Å². The third-order valence-electron chi connectivity index (χ3n) is 7.37. The average molecular weight is 472 g/mol. The molecular formula is C30H37N3O2. The van der Waals surface area contributed by atoms with E-state index in [1.165, 1.54) is 28.1 Å². The zero-order valence-electron chi connectivity index (χ0n) is 21.3. The van der Waals surface area contributed by atoms with Gasteiger partial charge in [-0.05, 0) is 66.6 Å². The lowest BCUT2D eigenvalue weighted by Gasteiger charge is -2.35. The predicted octanol–water partition coefficient (Wildman–Crippen LogP) is 4.98. The van der Waals surface area contributed by atoms with Gasteiger partial charge in [0.1, 0.15) is 5.75 Å². The fourth-order valence-electron chi connectivity index (χ4n) is 5.64. The Bertz CT molecular complexity index is 1170. The molecule has 35 heavy (non-hydrogen) atoms. The first-order valence-electron chi connectivity index (χ1n) is 13.0. The minimum Gasteiger partial charge on any atom is -0.497 e. The predicted molar refractivity (Wildman–Crippen MR) is 141 cm³/mol. The van der Waals surface area contributed by atoms with E-state index in [1.807, 2.05) is 12.1 Å². The fraction of sp³-hybridized carbons (Fsp3) is 0.433. The molecule has 0 radical (unpaired) electrons. The minimum absolute atomic E-state index is 0.273. The molecule has 2 aliphatic rings. The van der Waals surface area contributed by atoms with Gasteiger partial charge in [-0.1, -0.05) is 38.1 Å². The Hall–Kier alpha value is -3.05. The molecule has 5 rings (SSSR count). The van der Waals surface area contributed by atoms with E-state index < -0.39 is 0 Å². The molecular weight excluding hydrogens is 434 g/mol. The van der Waals surface area contributed by atoms with Crippen molar-refractivity contribution in [3.8, 4) is 22.7 Å².